The summed E-state index contributed by atoms with van der Waals surface area (Å²) in [5.74, 6) is 0.726. The number of carbonyl (C=O) groups is 2. The van der Waals surface area contributed by atoms with E-state index in [1.165, 1.54) is 39.9 Å². The average Bonchev–Trinajstić information content (AvgIpc) is 2.56. The fourth-order valence-corrected chi connectivity index (χ4v) is 5.64. The summed E-state index contributed by atoms with van der Waals surface area (Å²) in [7, 11) is 2.73. The van der Waals surface area contributed by atoms with Gasteiger partial charge in [-0.05, 0) is 0 Å². The first-order chi connectivity index (χ1) is 11.0. The number of esters is 2. The molecule has 7 heteroatoms. The van der Waals surface area contributed by atoms with Crippen LogP contribution in [0.3, 0.4) is 0 Å². The summed E-state index contributed by atoms with van der Waals surface area (Å²) in [4.78, 5) is 20.3. The van der Waals surface area contributed by atoms with Gasteiger partial charge in [-0.3, -0.25) is 9.59 Å². The van der Waals surface area contributed by atoms with Crippen LogP contribution in [0.1, 0.15) is 52.4 Å². The van der Waals surface area contributed by atoms with Crippen LogP contribution < -0.4 is 0 Å². The van der Waals surface area contributed by atoms with E-state index in [0.717, 1.165) is 0 Å². The summed E-state index contributed by atoms with van der Waals surface area (Å²) < 4.78 is 11.9. The molecule has 0 aromatic heterocycles. The predicted molar refractivity (Wildman–Crippen MR) is 106 cm³/mol. The minimum Gasteiger partial charge on any atom is -0.469 e. The standard InChI is InChI=1S/2C4H8O2S.2C4H9.Sn/c2*1-6-4(5)2-3-7;2*1-3-4-2;/h2*7H,2-3H2,1H3;2*1,3-4H2,2H3;. The van der Waals surface area contributed by atoms with Gasteiger partial charge in [0.1, 0.15) is 0 Å². The van der Waals surface area contributed by atoms with Crippen LogP contribution in [0.4, 0.5) is 0 Å². The Hall–Kier alpha value is 0.439. The molecule has 0 aliphatic heterocycles. The molecule has 23 heavy (non-hydrogen) atoms. The maximum absolute atomic E-state index is 10.1. The van der Waals surface area contributed by atoms with Gasteiger partial charge in [0.25, 0.3) is 0 Å². The molecule has 0 heterocycles. The van der Waals surface area contributed by atoms with Crippen LogP contribution in [-0.4, -0.2) is 58.8 Å². The molecule has 0 aromatic carbocycles. The summed E-state index contributed by atoms with van der Waals surface area (Å²) in [6, 6.07) is 0. The molecule has 0 aliphatic carbocycles. The molecule has 0 bridgehead atoms. The smallest absolute Gasteiger partial charge is 0.306 e. The van der Waals surface area contributed by atoms with Crippen LogP contribution in [0.15, 0.2) is 0 Å². The second-order valence-corrected chi connectivity index (χ2v) is 9.73. The monoisotopic (exact) mass is 474 g/mol. The molecule has 4 nitrogen and oxygen atoms in total. The number of hydrogen-bond acceptors (Lipinski definition) is 6. The molecule has 0 atom stereocenters. The fraction of sp³-hybridized carbons (Fsp3) is 0.875. The fourth-order valence-electron chi connectivity index (χ4n) is 1.12. The molecule has 2 radical (unpaired) electrons. The predicted octanol–water partition coefficient (Wildman–Crippen LogP) is 4.09. The summed E-state index contributed by atoms with van der Waals surface area (Å²) in [6.07, 6.45) is 6.64. The van der Waals surface area contributed by atoms with Gasteiger partial charge in [0.15, 0.2) is 0 Å². The van der Waals surface area contributed by atoms with Crippen molar-refractivity contribution in [3.63, 3.8) is 0 Å². The third-order valence-electron chi connectivity index (χ3n) is 2.50. The van der Waals surface area contributed by atoms with Gasteiger partial charge in [-0.25, -0.2) is 0 Å². The molecule has 138 valence electrons. The van der Waals surface area contributed by atoms with Crippen molar-refractivity contribution in [2.45, 2.75) is 61.2 Å². The zero-order valence-corrected chi connectivity index (χ0v) is 19.7. The average molecular weight is 473 g/mol. The topological polar surface area (TPSA) is 52.6 Å². The van der Waals surface area contributed by atoms with Crippen molar-refractivity contribution in [2.24, 2.45) is 0 Å². The van der Waals surface area contributed by atoms with Crippen molar-refractivity contribution in [2.75, 3.05) is 25.7 Å². The number of thiol groups is 2. The molecule has 0 rings (SSSR count). The number of rotatable bonds is 10. The molecule has 0 saturated heterocycles. The molecule has 0 aliphatic rings. The van der Waals surface area contributed by atoms with Crippen molar-refractivity contribution in [1.82, 2.24) is 0 Å². The van der Waals surface area contributed by atoms with Crippen molar-refractivity contribution in [1.29, 1.82) is 0 Å². The van der Waals surface area contributed by atoms with Gasteiger partial charge in [0.2, 0.25) is 0 Å². The van der Waals surface area contributed by atoms with E-state index in [9.17, 15) is 9.59 Å². The molecule has 0 N–H and O–H groups in total. The van der Waals surface area contributed by atoms with Crippen molar-refractivity contribution in [3.8, 4) is 0 Å². The van der Waals surface area contributed by atoms with Crippen molar-refractivity contribution in [3.05, 3.63) is 0 Å². The molecule has 0 saturated carbocycles. The second kappa shape index (κ2) is 27.3. The number of hydrogen-bond donors (Lipinski definition) is 2. The van der Waals surface area contributed by atoms with Gasteiger partial charge in [-0.15, -0.1) is 0 Å². The summed E-state index contributed by atoms with van der Waals surface area (Å²) in [5, 5.41) is 0. The van der Waals surface area contributed by atoms with Gasteiger partial charge < -0.3 is 9.47 Å². The SMILES string of the molecule is CCC[CH2][Sn][CH2]CCC.COC(=O)CCS.COC(=O)CCS. The normalized spacial score (nSPS) is 8.96. The Bertz CT molecular complexity index is 230. The minimum absolute atomic E-state index is 0.149. The number of ether oxygens (including phenoxy) is 2. The molecule has 0 amide bonds. The number of methoxy groups -OCH3 is 2. The Morgan fingerprint density at radius 3 is 1.35 bits per heavy atom. The maximum Gasteiger partial charge on any atom is 0.306 e. The van der Waals surface area contributed by atoms with E-state index in [2.05, 4.69) is 48.6 Å². The van der Waals surface area contributed by atoms with Crippen LogP contribution >= 0.6 is 25.3 Å². The molecule has 0 unspecified atom stereocenters. The Labute approximate surface area is 163 Å². The van der Waals surface area contributed by atoms with Gasteiger partial charge in [0.05, 0.1) is 27.1 Å². The van der Waals surface area contributed by atoms with Crippen LogP contribution in [0, 0.1) is 0 Å². The third kappa shape index (κ3) is 34.7. The van der Waals surface area contributed by atoms with Crippen LogP contribution in [-0.2, 0) is 19.1 Å². The molecular weight excluding hydrogens is 439 g/mol. The Balaban J connectivity index is -0.000000264. The van der Waals surface area contributed by atoms with E-state index in [1.54, 1.807) is 8.87 Å². The Morgan fingerprint density at radius 2 is 1.17 bits per heavy atom. The van der Waals surface area contributed by atoms with Gasteiger partial charge in [-0.2, -0.15) is 25.3 Å². The van der Waals surface area contributed by atoms with E-state index in [1.807, 2.05) is 0 Å². The van der Waals surface area contributed by atoms with Crippen LogP contribution in [0.2, 0.25) is 8.87 Å². The van der Waals surface area contributed by atoms with Crippen molar-refractivity contribution >= 4 is 58.3 Å². The van der Waals surface area contributed by atoms with Gasteiger partial charge >= 0.3 is 81.5 Å². The maximum atomic E-state index is 10.1. The summed E-state index contributed by atoms with van der Waals surface area (Å²) in [5.41, 5.74) is 0. The van der Waals surface area contributed by atoms with E-state index < -0.39 is 0 Å². The molecule has 0 fully saturated rings. The zero-order valence-electron chi connectivity index (χ0n) is 15.1. The quantitative estimate of drug-likeness (QED) is 0.217. The Morgan fingerprint density at radius 1 is 0.826 bits per heavy atom. The second-order valence-electron chi connectivity index (χ2n) is 4.56. The van der Waals surface area contributed by atoms with E-state index in [4.69, 9.17) is 0 Å². The molecule has 0 spiro atoms. The first-order valence-electron chi connectivity index (χ1n) is 8.09. The Kier molecular flexibility index (Phi) is 33.5. The minimum atomic E-state index is -0.199. The van der Waals surface area contributed by atoms with Crippen molar-refractivity contribution < 1.29 is 19.1 Å². The van der Waals surface area contributed by atoms with E-state index in [-0.39, 0.29) is 33.1 Å². The largest absolute Gasteiger partial charge is 0.469 e. The summed E-state index contributed by atoms with van der Waals surface area (Å²) in [6.45, 7) is 4.58. The van der Waals surface area contributed by atoms with Gasteiger partial charge in [-0.1, -0.05) is 0 Å². The first kappa shape index (κ1) is 28.3. The van der Waals surface area contributed by atoms with Crippen LogP contribution in [0.25, 0.3) is 0 Å². The number of carbonyl (C=O) groups excluding carboxylic acids is 2. The van der Waals surface area contributed by atoms with Gasteiger partial charge in [0, 0.05) is 11.5 Å². The third-order valence-corrected chi connectivity index (χ3v) is 6.98. The summed E-state index contributed by atoms with van der Waals surface area (Å²) >= 11 is 7.78. The number of unbranched alkanes of at least 4 members (excludes halogenated alkanes) is 2. The first-order valence-corrected chi connectivity index (χ1v) is 13.4. The molecular formula is C16H34O4S2Sn. The van der Waals surface area contributed by atoms with Crippen LogP contribution in [0.5, 0.6) is 0 Å². The molecule has 0 aromatic rings. The van der Waals surface area contributed by atoms with E-state index >= 15 is 0 Å². The zero-order chi connectivity index (χ0) is 18.3. The van der Waals surface area contributed by atoms with E-state index in [0.29, 0.717) is 24.3 Å².